The highest BCUT2D eigenvalue weighted by Gasteiger charge is 2.36. The number of aryl methyl sites for hydroxylation is 1. The van der Waals surface area contributed by atoms with E-state index in [4.69, 9.17) is 9.72 Å². The summed E-state index contributed by atoms with van der Waals surface area (Å²) in [5, 5.41) is 11.5. The molecule has 210 valence electrons. The molecule has 5 aromatic rings. The van der Waals surface area contributed by atoms with E-state index in [1.54, 1.807) is 9.58 Å². The Bertz CT molecular complexity index is 1660. The second-order valence-corrected chi connectivity index (χ2v) is 10.4. The molecule has 2 atom stereocenters. The molecule has 41 heavy (non-hydrogen) atoms. The van der Waals surface area contributed by atoms with Crippen LogP contribution in [0, 0.1) is 0 Å². The molecule has 0 bridgehead atoms. The first-order valence-electron chi connectivity index (χ1n) is 14.0. The van der Waals surface area contributed by atoms with E-state index in [-0.39, 0.29) is 24.5 Å². The Kier molecular flexibility index (Phi) is 7.73. The Balaban J connectivity index is 1.38. The molecule has 3 aromatic carbocycles. The molecule has 1 aliphatic heterocycles. The van der Waals surface area contributed by atoms with E-state index in [1.165, 1.54) is 0 Å². The number of nitrogens with zero attached hydrogens (tertiary/aromatic N) is 6. The largest absolute Gasteiger partial charge is 0.376 e. The molecular weight excluding hydrogens is 518 g/mol. The van der Waals surface area contributed by atoms with E-state index in [0.29, 0.717) is 37.5 Å². The number of carbonyl (C=O) groups is 2. The van der Waals surface area contributed by atoms with Crippen LogP contribution in [0.2, 0.25) is 0 Å². The molecule has 1 N–H and O–H groups in total. The molecule has 0 aliphatic carbocycles. The van der Waals surface area contributed by atoms with Gasteiger partial charge in [0.05, 0.1) is 22.7 Å². The van der Waals surface area contributed by atoms with Crippen molar-refractivity contribution in [1.82, 2.24) is 34.8 Å². The highest BCUT2D eigenvalue weighted by molar-refractivity contribution is 5.90. The number of fused-ring (bicyclic) bond motifs is 2. The number of aromatic nitrogens is 5. The van der Waals surface area contributed by atoms with Crippen molar-refractivity contribution in [3.8, 4) is 0 Å². The Hall–Kier alpha value is -4.57. The minimum absolute atomic E-state index is 0.0324. The number of para-hydroxylation sites is 3. The highest BCUT2D eigenvalue weighted by atomic mass is 16.5. The quantitative estimate of drug-likeness (QED) is 0.285. The van der Waals surface area contributed by atoms with Gasteiger partial charge >= 0.3 is 0 Å². The summed E-state index contributed by atoms with van der Waals surface area (Å²) in [4.78, 5) is 34.7. The van der Waals surface area contributed by atoms with Gasteiger partial charge in [0, 0.05) is 26.7 Å². The average Bonchev–Trinajstić information content (AvgIpc) is 3.75. The van der Waals surface area contributed by atoms with Gasteiger partial charge in [0.2, 0.25) is 5.91 Å². The third-order valence-electron chi connectivity index (χ3n) is 7.66. The zero-order chi connectivity index (χ0) is 28.2. The molecule has 2 aromatic heterocycles. The first-order chi connectivity index (χ1) is 20.1. The van der Waals surface area contributed by atoms with E-state index < -0.39 is 6.04 Å². The summed E-state index contributed by atoms with van der Waals surface area (Å²) in [7, 11) is 1.88. The van der Waals surface area contributed by atoms with Gasteiger partial charge in [-0.25, -0.2) is 9.67 Å². The normalized spacial score (nSPS) is 15.8. The van der Waals surface area contributed by atoms with Gasteiger partial charge < -0.3 is 19.5 Å². The number of nitrogens with one attached hydrogen (secondary N) is 1. The van der Waals surface area contributed by atoms with Crippen LogP contribution in [0.4, 0.5) is 0 Å². The van der Waals surface area contributed by atoms with Gasteiger partial charge in [-0.05, 0) is 49.1 Å². The maximum atomic E-state index is 14.2. The number of amides is 2. The van der Waals surface area contributed by atoms with Crippen LogP contribution >= 0.6 is 0 Å². The minimum Gasteiger partial charge on any atom is -0.376 e. The molecule has 10 heteroatoms. The lowest BCUT2D eigenvalue weighted by molar-refractivity contribution is -0.142. The fourth-order valence-electron chi connectivity index (χ4n) is 5.47. The fourth-order valence-corrected chi connectivity index (χ4v) is 5.47. The Labute approximate surface area is 237 Å². The standard InChI is InChI=1S/C31H33N7O3/c1-36-26-15-7-5-13-24(26)33-30(36)29(31(40)32-20-23-12-9-19-41-23)37(18-17-22-10-3-2-4-11-22)28(39)21-38-27-16-8-6-14-25(27)34-35-38/h2-8,10-11,13-16,23,29H,9,12,17-21H2,1H3,(H,32,40)/t23-,29-/m0/s1. The van der Waals surface area contributed by atoms with Crippen LogP contribution in [-0.4, -0.2) is 67.1 Å². The van der Waals surface area contributed by atoms with Gasteiger partial charge in [0.25, 0.3) is 5.91 Å². The first kappa shape index (κ1) is 26.6. The van der Waals surface area contributed by atoms with Gasteiger partial charge in [0.15, 0.2) is 6.04 Å². The number of rotatable bonds is 10. The summed E-state index contributed by atoms with van der Waals surface area (Å²) in [6, 6.07) is 24.2. The number of ether oxygens (including phenoxy) is 1. The number of hydrogen-bond donors (Lipinski definition) is 1. The van der Waals surface area contributed by atoms with Gasteiger partial charge in [-0.1, -0.05) is 59.8 Å². The van der Waals surface area contributed by atoms with Gasteiger partial charge in [-0.15, -0.1) is 5.10 Å². The third-order valence-corrected chi connectivity index (χ3v) is 7.66. The highest BCUT2D eigenvalue weighted by Crippen LogP contribution is 2.26. The Morgan fingerprint density at radius 3 is 2.49 bits per heavy atom. The SMILES string of the molecule is Cn1c([C@@H](C(=O)NC[C@@H]2CCCO2)N(CCc2ccccc2)C(=O)Cn2nnc3ccccc32)nc2ccccc21. The smallest absolute Gasteiger partial charge is 0.250 e. The van der Waals surface area contributed by atoms with Crippen LogP contribution in [0.15, 0.2) is 78.9 Å². The van der Waals surface area contributed by atoms with Crippen LogP contribution in [0.3, 0.4) is 0 Å². The maximum Gasteiger partial charge on any atom is 0.250 e. The lowest BCUT2D eigenvalue weighted by Gasteiger charge is -2.31. The Morgan fingerprint density at radius 2 is 1.73 bits per heavy atom. The van der Waals surface area contributed by atoms with Gasteiger partial charge in [0.1, 0.15) is 17.9 Å². The lowest BCUT2D eigenvalue weighted by Crippen LogP contribution is -2.48. The molecule has 0 spiro atoms. The molecule has 0 radical (unpaired) electrons. The summed E-state index contributed by atoms with van der Waals surface area (Å²) in [6.07, 6.45) is 2.41. The summed E-state index contributed by atoms with van der Waals surface area (Å²) >= 11 is 0. The van der Waals surface area contributed by atoms with Crippen molar-refractivity contribution in [2.75, 3.05) is 19.7 Å². The molecule has 0 unspecified atom stereocenters. The van der Waals surface area contributed by atoms with Crippen LogP contribution in [-0.2, 0) is 34.3 Å². The van der Waals surface area contributed by atoms with Crippen LogP contribution < -0.4 is 5.32 Å². The predicted molar refractivity (Wildman–Crippen MR) is 155 cm³/mol. The zero-order valence-electron chi connectivity index (χ0n) is 23.0. The topological polar surface area (TPSA) is 107 Å². The second kappa shape index (κ2) is 11.9. The zero-order valence-corrected chi connectivity index (χ0v) is 23.0. The summed E-state index contributed by atoms with van der Waals surface area (Å²) < 4.78 is 9.24. The van der Waals surface area contributed by atoms with E-state index in [9.17, 15) is 9.59 Å². The molecule has 2 amide bonds. The van der Waals surface area contributed by atoms with E-state index in [2.05, 4.69) is 15.6 Å². The van der Waals surface area contributed by atoms with E-state index in [1.807, 2.05) is 90.5 Å². The van der Waals surface area contributed by atoms with Gasteiger partial charge in [-0.3, -0.25) is 9.59 Å². The molecular formula is C31H33N7O3. The number of imidazole rings is 1. The fraction of sp³-hybridized carbons (Fsp3) is 0.323. The van der Waals surface area contributed by atoms with Crippen molar-refractivity contribution in [3.63, 3.8) is 0 Å². The van der Waals surface area contributed by atoms with Crippen LogP contribution in [0.1, 0.15) is 30.3 Å². The lowest BCUT2D eigenvalue weighted by atomic mass is 10.1. The summed E-state index contributed by atoms with van der Waals surface area (Å²) in [5.41, 5.74) is 4.18. The number of benzene rings is 3. The molecule has 1 saturated heterocycles. The molecule has 6 rings (SSSR count). The molecule has 0 saturated carbocycles. The number of carbonyl (C=O) groups excluding carboxylic acids is 2. The van der Waals surface area contributed by atoms with Crippen molar-refractivity contribution in [3.05, 3.63) is 90.3 Å². The van der Waals surface area contributed by atoms with Crippen molar-refractivity contribution in [1.29, 1.82) is 0 Å². The predicted octanol–water partition coefficient (Wildman–Crippen LogP) is 3.43. The van der Waals surface area contributed by atoms with Crippen molar-refractivity contribution in [2.45, 2.75) is 38.0 Å². The van der Waals surface area contributed by atoms with E-state index >= 15 is 0 Å². The van der Waals surface area contributed by atoms with Gasteiger partial charge in [-0.2, -0.15) is 0 Å². The van der Waals surface area contributed by atoms with Crippen molar-refractivity contribution >= 4 is 33.9 Å². The van der Waals surface area contributed by atoms with Crippen LogP contribution in [0.5, 0.6) is 0 Å². The number of hydrogen-bond acceptors (Lipinski definition) is 6. The first-order valence-corrected chi connectivity index (χ1v) is 14.0. The second-order valence-electron chi connectivity index (χ2n) is 10.4. The van der Waals surface area contributed by atoms with E-state index in [0.717, 1.165) is 35.0 Å². The summed E-state index contributed by atoms with van der Waals surface area (Å²) in [6.45, 7) is 1.33. The average molecular weight is 552 g/mol. The molecule has 1 aliphatic rings. The Morgan fingerprint density at radius 1 is 1.00 bits per heavy atom. The molecule has 10 nitrogen and oxygen atoms in total. The maximum absolute atomic E-state index is 14.2. The third kappa shape index (κ3) is 5.69. The monoisotopic (exact) mass is 551 g/mol. The van der Waals surface area contributed by atoms with Crippen molar-refractivity contribution < 1.29 is 14.3 Å². The summed E-state index contributed by atoms with van der Waals surface area (Å²) in [5.74, 6) is -0.0365. The van der Waals surface area contributed by atoms with Crippen molar-refractivity contribution in [2.24, 2.45) is 7.05 Å². The van der Waals surface area contributed by atoms with Crippen LogP contribution in [0.25, 0.3) is 22.1 Å². The molecule has 3 heterocycles. The minimum atomic E-state index is -0.959. The molecule has 1 fully saturated rings.